The van der Waals surface area contributed by atoms with E-state index in [0.717, 1.165) is 19.4 Å². The minimum Gasteiger partial charge on any atom is -0.347 e. The van der Waals surface area contributed by atoms with Gasteiger partial charge in [0.25, 0.3) is 0 Å². The van der Waals surface area contributed by atoms with Crippen molar-refractivity contribution in [2.24, 2.45) is 5.92 Å². The van der Waals surface area contributed by atoms with E-state index in [0.29, 0.717) is 23.9 Å². The predicted molar refractivity (Wildman–Crippen MR) is 85.7 cm³/mol. The standard InChI is InChI=1S/C14H26ClN5/c1-7-11(8-2)20(9-10(3)4)14-17-12(15)16-13(18-14)19(5)6/h10-11H,7-9H2,1-6H3. The number of aromatic nitrogens is 3. The summed E-state index contributed by atoms with van der Waals surface area (Å²) >= 11 is 6.05. The van der Waals surface area contributed by atoms with Gasteiger partial charge in [0, 0.05) is 26.7 Å². The van der Waals surface area contributed by atoms with Crippen LogP contribution in [0.15, 0.2) is 0 Å². The van der Waals surface area contributed by atoms with Crippen LogP contribution >= 0.6 is 11.6 Å². The van der Waals surface area contributed by atoms with Crippen molar-refractivity contribution in [2.45, 2.75) is 46.6 Å². The summed E-state index contributed by atoms with van der Waals surface area (Å²) < 4.78 is 0. The van der Waals surface area contributed by atoms with E-state index in [2.05, 4.69) is 47.5 Å². The summed E-state index contributed by atoms with van der Waals surface area (Å²) in [4.78, 5) is 17.1. The molecule has 0 unspecified atom stereocenters. The number of hydrogen-bond donors (Lipinski definition) is 0. The highest BCUT2D eigenvalue weighted by Gasteiger charge is 2.21. The van der Waals surface area contributed by atoms with Gasteiger partial charge < -0.3 is 9.80 Å². The second-order valence-corrected chi connectivity index (χ2v) is 5.95. The highest BCUT2D eigenvalue weighted by molar-refractivity contribution is 6.28. The maximum absolute atomic E-state index is 6.05. The summed E-state index contributed by atoms with van der Waals surface area (Å²) in [6.45, 7) is 9.70. The van der Waals surface area contributed by atoms with Crippen LogP contribution in [0.2, 0.25) is 5.28 Å². The molecule has 0 amide bonds. The number of halogens is 1. The summed E-state index contributed by atoms with van der Waals surface area (Å²) in [5.41, 5.74) is 0. The fourth-order valence-electron chi connectivity index (χ4n) is 2.17. The van der Waals surface area contributed by atoms with Crippen LogP contribution in [0.4, 0.5) is 11.9 Å². The monoisotopic (exact) mass is 299 g/mol. The topological polar surface area (TPSA) is 45.2 Å². The van der Waals surface area contributed by atoms with E-state index in [4.69, 9.17) is 11.6 Å². The van der Waals surface area contributed by atoms with Crippen LogP contribution in [-0.2, 0) is 0 Å². The second-order valence-electron chi connectivity index (χ2n) is 5.62. The summed E-state index contributed by atoms with van der Waals surface area (Å²) in [5, 5.41) is 0.249. The zero-order valence-electron chi connectivity index (χ0n) is 13.4. The van der Waals surface area contributed by atoms with Crippen molar-refractivity contribution < 1.29 is 0 Å². The molecule has 1 aromatic rings. The van der Waals surface area contributed by atoms with E-state index in [1.54, 1.807) is 0 Å². The SMILES string of the molecule is CCC(CC)N(CC(C)C)c1nc(Cl)nc(N(C)C)n1. The Balaban J connectivity index is 3.18. The first-order chi connectivity index (χ1) is 9.38. The van der Waals surface area contributed by atoms with Gasteiger partial charge in [-0.25, -0.2) is 0 Å². The normalized spacial score (nSPS) is 11.2. The van der Waals surface area contributed by atoms with Crippen LogP contribution < -0.4 is 9.80 Å². The van der Waals surface area contributed by atoms with Crippen molar-refractivity contribution in [3.8, 4) is 0 Å². The van der Waals surface area contributed by atoms with Crippen LogP contribution in [0.5, 0.6) is 0 Å². The van der Waals surface area contributed by atoms with Gasteiger partial charge in [0.1, 0.15) is 0 Å². The van der Waals surface area contributed by atoms with Crippen molar-refractivity contribution >= 4 is 23.5 Å². The Kier molecular flexibility index (Phi) is 6.46. The van der Waals surface area contributed by atoms with Gasteiger partial charge in [0.05, 0.1) is 0 Å². The van der Waals surface area contributed by atoms with Gasteiger partial charge in [0.15, 0.2) is 0 Å². The maximum atomic E-state index is 6.05. The minimum atomic E-state index is 0.249. The summed E-state index contributed by atoms with van der Waals surface area (Å²) in [5.74, 6) is 1.81. The van der Waals surface area contributed by atoms with Gasteiger partial charge in [-0.05, 0) is 30.4 Å². The van der Waals surface area contributed by atoms with E-state index >= 15 is 0 Å². The average molecular weight is 300 g/mol. The number of hydrogen-bond acceptors (Lipinski definition) is 5. The molecule has 6 heteroatoms. The van der Waals surface area contributed by atoms with Crippen molar-refractivity contribution in [3.63, 3.8) is 0 Å². The Morgan fingerprint density at radius 2 is 1.55 bits per heavy atom. The molecule has 0 N–H and O–H groups in total. The van der Waals surface area contributed by atoms with Crippen molar-refractivity contribution in [1.29, 1.82) is 0 Å². The Bertz CT molecular complexity index is 418. The highest BCUT2D eigenvalue weighted by Crippen LogP contribution is 2.21. The Morgan fingerprint density at radius 1 is 1.00 bits per heavy atom. The third kappa shape index (κ3) is 4.47. The van der Waals surface area contributed by atoms with Gasteiger partial charge in [0.2, 0.25) is 17.2 Å². The van der Waals surface area contributed by atoms with Gasteiger partial charge in [-0.3, -0.25) is 0 Å². The van der Waals surface area contributed by atoms with Crippen LogP contribution in [-0.4, -0.2) is 41.6 Å². The van der Waals surface area contributed by atoms with E-state index < -0.39 is 0 Å². The lowest BCUT2D eigenvalue weighted by molar-refractivity contribution is 0.498. The lowest BCUT2D eigenvalue weighted by Gasteiger charge is -2.32. The highest BCUT2D eigenvalue weighted by atomic mass is 35.5. The molecule has 5 nitrogen and oxygen atoms in total. The molecule has 0 radical (unpaired) electrons. The first-order valence-electron chi connectivity index (χ1n) is 7.24. The molecule has 1 rings (SSSR count). The molecular weight excluding hydrogens is 274 g/mol. The molecule has 0 aromatic carbocycles. The molecule has 114 valence electrons. The number of nitrogens with zero attached hydrogens (tertiary/aromatic N) is 5. The molecule has 1 heterocycles. The van der Waals surface area contributed by atoms with E-state index in [9.17, 15) is 0 Å². The smallest absolute Gasteiger partial charge is 0.231 e. The molecule has 0 bridgehead atoms. The Morgan fingerprint density at radius 3 is 2.00 bits per heavy atom. The number of anilines is 2. The Labute approximate surface area is 127 Å². The summed E-state index contributed by atoms with van der Waals surface area (Å²) in [6, 6.07) is 0.422. The molecule has 0 saturated carbocycles. The van der Waals surface area contributed by atoms with Crippen LogP contribution in [0.3, 0.4) is 0 Å². The maximum Gasteiger partial charge on any atom is 0.231 e. The molecule has 20 heavy (non-hydrogen) atoms. The Hall–Kier alpha value is -1.10. The third-order valence-electron chi connectivity index (χ3n) is 3.19. The molecule has 0 aliphatic heterocycles. The fraction of sp³-hybridized carbons (Fsp3) is 0.786. The third-order valence-corrected chi connectivity index (χ3v) is 3.36. The molecule has 0 aliphatic carbocycles. The average Bonchev–Trinajstić information content (AvgIpc) is 2.37. The zero-order chi connectivity index (χ0) is 15.3. The zero-order valence-corrected chi connectivity index (χ0v) is 14.1. The number of rotatable bonds is 7. The molecule has 0 atom stereocenters. The van der Waals surface area contributed by atoms with Gasteiger partial charge in [-0.15, -0.1) is 0 Å². The van der Waals surface area contributed by atoms with E-state index in [1.165, 1.54) is 0 Å². The molecule has 0 fully saturated rings. The lowest BCUT2D eigenvalue weighted by Crippen LogP contribution is -2.39. The molecule has 1 aromatic heterocycles. The quantitative estimate of drug-likeness (QED) is 0.773. The van der Waals surface area contributed by atoms with E-state index in [1.807, 2.05) is 19.0 Å². The van der Waals surface area contributed by atoms with Crippen LogP contribution in [0.25, 0.3) is 0 Å². The second kappa shape index (κ2) is 7.62. The first-order valence-corrected chi connectivity index (χ1v) is 7.62. The molecular formula is C14H26ClN5. The van der Waals surface area contributed by atoms with Crippen molar-refractivity contribution in [2.75, 3.05) is 30.4 Å². The largest absolute Gasteiger partial charge is 0.347 e. The van der Waals surface area contributed by atoms with E-state index in [-0.39, 0.29) is 5.28 Å². The molecule has 0 saturated heterocycles. The molecule has 0 spiro atoms. The van der Waals surface area contributed by atoms with Crippen molar-refractivity contribution in [1.82, 2.24) is 15.0 Å². The lowest BCUT2D eigenvalue weighted by atomic mass is 10.1. The van der Waals surface area contributed by atoms with Crippen LogP contribution in [0.1, 0.15) is 40.5 Å². The summed E-state index contributed by atoms with van der Waals surface area (Å²) in [7, 11) is 3.80. The van der Waals surface area contributed by atoms with Gasteiger partial charge >= 0.3 is 0 Å². The van der Waals surface area contributed by atoms with Crippen LogP contribution in [0, 0.1) is 5.92 Å². The van der Waals surface area contributed by atoms with Gasteiger partial charge in [-0.1, -0.05) is 27.7 Å². The first kappa shape index (κ1) is 17.0. The minimum absolute atomic E-state index is 0.249. The van der Waals surface area contributed by atoms with Crippen molar-refractivity contribution in [3.05, 3.63) is 5.28 Å². The van der Waals surface area contributed by atoms with Gasteiger partial charge in [-0.2, -0.15) is 15.0 Å². The fourth-order valence-corrected chi connectivity index (χ4v) is 2.33. The predicted octanol–water partition coefficient (Wildman–Crippen LogP) is 3.24. The summed E-state index contributed by atoms with van der Waals surface area (Å²) in [6.07, 6.45) is 2.12. The molecule has 0 aliphatic rings.